The van der Waals surface area contributed by atoms with Gasteiger partial charge in [-0.05, 0) is 54.1 Å². The number of rotatable bonds is 5. The van der Waals surface area contributed by atoms with Crippen LogP contribution in [0, 0.1) is 6.92 Å². The molecule has 4 aromatic rings. The van der Waals surface area contributed by atoms with E-state index in [2.05, 4.69) is 31.2 Å². The molecule has 0 saturated heterocycles. The Morgan fingerprint density at radius 3 is 2.75 bits per heavy atom. The van der Waals surface area contributed by atoms with Crippen molar-refractivity contribution in [2.24, 2.45) is 0 Å². The lowest BCUT2D eigenvalue weighted by Gasteiger charge is -2.11. The number of halogens is 1. The first kappa shape index (κ1) is 17.9. The van der Waals surface area contributed by atoms with E-state index in [1.807, 2.05) is 37.3 Å². The Hall–Kier alpha value is -3.52. The number of benzene rings is 2. The molecule has 0 spiro atoms. The molecule has 2 aromatic heterocycles. The molecule has 2 heterocycles. The van der Waals surface area contributed by atoms with Crippen LogP contribution >= 0.6 is 11.6 Å². The number of aromatic nitrogens is 5. The van der Waals surface area contributed by atoms with Gasteiger partial charge in [-0.3, -0.25) is 15.6 Å². The summed E-state index contributed by atoms with van der Waals surface area (Å²) < 4.78 is 0. The zero-order chi connectivity index (χ0) is 19.5. The molecule has 0 saturated carbocycles. The summed E-state index contributed by atoms with van der Waals surface area (Å²) in [6.45, 7) is 1.84. The van der Waals surface area contributed by atoms with E-state index in [4.69, 9.17) is 11.6 Å². The molecule has 0 atom stereocenters. The van der Waals surface area contributed by atoms with Gasteiger partial charge in [-0.25, -0.2) is 4.98 Å². The van der Waals surface area contributed by atoms with Crippen LogP contribution < -0.4 is 10.9 Å². The average molecular weight is 394 g/mol. The van der Waals surface area contributed by atoms with E-state index in [0.29, 0.717) is 16.7 Å². The summed E-state index contributed by atoms with van der Waals surface area (Å²) in [4.78, 5) is 17.9. The molecule has 1 amide bonds. The molecular formula is C19H16ClN7O. The number of carbonyl (C=O) groups excluding carboxylic acids is 1. The molecule has 140 valence electrons. The van der Waals surface area contributed by atoms with Crippen molar-refractivity contribution in [3.05, 3.63) is 65.2 Å². The molecule has 2 N–H and O–H groups in total. The van der Waals surface area contributed by atoms with Crippen molar-refractivity contribution in [2.45, 2.75) is 13.5 Å². The number of pyridine rings is 1. The molecule has 2 aromatic carbocycles. The van der Waals surface area contributed by atoms with Crippen LogP contribution in [0.2, 0.25) is 5.02 Å². The van der Waals surface area contributed by atoms with E-state index in [9.17, 15) is 4.79 Å². The minimum atomic E-state index is -0.325. The Morgan fingerprint density at radius 2 is 1.93 bits per heavy atom. The number of fused-ring (bicyclic) bond motifs is 1. The molecule has 9 heteroatoms. The van der Waals surface area contributed by atoms with Gasteiger partial charge in [0.2, 0.25) is 5.82 Å². The lowest BCUT2D eigenvalue weighted by atomic mass is 10.1. The normalized spacial score (nSPS) is 10.8. The summed E-state index contributed by atoms with van der Waals surface area (Å²) >= 11 is 5.88. The van der Waals surface area contributed by atoms with Crippen molar-refractivity contribution in [1.82, 2.24) is 30.6 Å². The second-order valence-corrected chi connectivity index (χ2v) is 6.61. The third-order valence-electron chi connectivity index (χ3n) is 4.08. The largest absolute Gasteiger partial charge is 0.282 e. The molecule has 0 fully saturated rings. The van der Waals surface area contributed by atoms with Crippen molar-refractivity contribution in [3.8, 4) is 11.4 Å². The maximum atomic E-state index is 12.2. The maximum Gasteiger partial charge on any atom is 0.262 e. The molecule has 0 aliphatic rings. The van der Waals surface area contributed by atoms with E-state index >= 15 is 0 Å². The predicted molar refractivity (Wildman–Crippen MR) is 107 cm³/mol. The van der Waals surface area contributed by atoms with Gasteiger partial charge in [0.25, 0.3) is 5.91 Å². The van der Waals surface area contributed by atoms with E-state index < -0.39 is 0 Å². The summed E-state index contributed by atoms with van der Waals surface area (Å²) in [6.07, 6.45) is 0. The maximum absolute atomic E-state index is 12.2. The van der Waals surface area contributed by atoms with Crippen molar-refractivity contribution in [3.63, 3.8) is 0 Å². The Labute approximate surface area is 165 Å². The number of hydrazine groups is 1. The van der Waals surface area contributed by atoms with Crippen LogP contribution in [-0.2, 0) is 11.3 Å². The van der Waals surface area contributed by atoms with Crippen LogP contribution in [0.25, 0.3) is 22.3 Å². The van der Waals surface area contributed by atoms with Crippen molar-refractivity contribution >= 4 is 34.2 Å². The number of hydrogen-bond donors (Lipinski definition) is 2. The molecular weight excluding hydrogens is 378 g/mol. The first-order valence-corrected chi connectivity index (χ1v) is 8.91. The monoisotopic (exact) mass is 393 g/mol. The molecule has 0 unspecified atom stereocenters. The highest BCUT2D eigenvalue weighted by Crippen LogP contribution is 2.19. The van der Waals surface area contributed by atoms with Gasteiger partial charge in [0.15, 0.2) is 0 Å². The van der Waals surface area contributed by atoms with Crippen LogP contribution in [0.1, 0.15) is 5.56 Å². The van der Waals surface area contributed by atoms with Crippen molar-refractivity contribution < 1.29 is 4.79 Å². The van der Waals surface area contributed by atoms with Gasteiger partial charge >= 0.3 is 0 Å². The quantitative estimate of drug-likeness (QED) is 0.506. The van der Waals surface area contributed by atoms with E-state index in [1.54, 1.807) is 24.3 Å². The highest BCUT2D eigenvalue weighted by Gasteiger charge is 2.10. The van der Waals surface area contributed by atoms with Gasteiger partial charge < -0.3 is 0 Å². The Balaban J connectivity index is 1.40. The van der Waals surface area contributed by atoms with Crippen LogP contribution in [-0.4, -0.2) is 31.1 Å². The number of anilines is 1. The van der Waals surface area contributed by atoms with Gasteiger partial charge in [-0.1, -0.05) is 29.8 Å². The Kier molecular flexibility index (Phi) is 4.86. The summed E-state index contributed by atoms with van der Waals surface area (Å²) in [5.41, 5.74) is 8.00. The lowest BCUT2D eigenvalue weighted by molar-refractivity contribution is -0.121. The number of nitrogens with zero attached hydrogens (tertiary/aromatic N) is 5. The third-order valence-corrected chi connectivity index (χ3v) is 4.33. The zero-order valence-electron chi connectivity index (χ0n) is 14.9. The highest BCUT2D eigenvalue weighted by atomic mass is 35.5. The zero-order valence-corrected chi connectivity index (χ0v) is 15.7. The number of para-hydroxylation sites is 1. The number of amides is 1. The molecule has 0 bridgehead atoms. The number of aryl methyl sites for hydroxylation is 1. The SMILES string of the molecule is Cc1cc2ccccc2nc1NNC(=O)Cn1nnc(-c2ccc(Cl)cc2)n1. The molecule has 4 rings (SSSR count). The number of hydrogen-bond acceptors (Lipinski definition) is 6. The van der Waals surface area contributed by atoms with Crippen LogP contribution in [0.4, 0.5) is 5.82 Å². The van der Waals surface area contributed by atoms with Gasteiger partial charge in [-0.2, -0.15) is 4.80 Å². The average Bonchev–Trinajstić information content (AvgIpc) is 3.15. The topological polar surface area (TPSA) is 97.6 Å². The third kappa shape index (κ3) is 3.91. The van der Waals surface area contributed by atoms with Gasteiger partial charge in [0, 0.05) is 16.0 Å². The molecule has 0 aliphatic heterocycles. The molecule has 28 heavy (non-hydrogen) atoms. The van der Waals surface area contributed by atoms with Crippen LogP contribution in [0.3, 0.4) is 0 Å². The predicted octanol–water partition coefficient (Wildman–Crippen LogP) is 2.99. The highest BCUT2D eigenvalue weighted by molar-refractivity contribution is 6.30. The fourth-order valence-corrected chi connectivity index (χ4v) is 2.80. The van der Waals surface area contributed by atoms with Crippen LogP contribution in [0.15, 0.2) is 54.6 Å². The van der Waals surface area contributed by atoms with Crippen molar-refractivity contribution in [1.29, 1.82) is 0 Å². The molecule has 0 aliphatic carbocycles. The summed E-state index contributed by atoms with van der Waals surface area (Å²) in [5.74, 6) is 0.680. The first-order valence-electron chi connectivity index (χ1n) is 8.53. The Bertz CT molecular complexity index is 1140. The van der Waals surface area contributed by atoms with E-state index in [-0.39, 0.29) is 12.5 Å². The van der Waals surface area contributed by atoms with Gasteiger partial charge in [0.1, 0.15) is 12.4 Å². The second kappa shape index (κ2) is 7.61. The molecule has 0 radical (unpaired) electrons. The second-order valence-electron chi connectivity index (χ2n) is 6.17. The fourth-order valence-electron chi connectivity index (χ4n) is 2.67. The summed E-state index contributed by atoms with van der Waals surface area (Å²) in [5, 5.41) is 13.7. The lowest BCUT2D eigenvalue weighted by Crippen LogP contribution is -2.33. The van der Waals surface area contributed by atoms with E-state index in [1.165, 1.54) is 4.80 Å². The smallest absolute Gasteiger partial charge is 0.262 e. The standard InChI is InChI=1S/C19H16ClN7O/c1-12-10-14-4-2-3-5-16(14)21-18(12)23-22-17(28)11-27-25-19(24-26-27)13-6-8-15(20)9-7-13/h2-10H,11H2,1H3,(H,21,23)(H,22,28). The van der Waals surface area contributed by atoms with Gasteiger partial charge in [0.05, 0.1) is 5.52 Å². The number of nitrogens with one attached hydrogen (secondary N) is 2. The fraction of sp³-hybridized carbons (Fsp3) is 0.105. The molecule has 8 nitrogen and oxygen atoms in total. The summed E-state index contributed by atoms with van der Waals surface area (Å²) in [6, 6.07) is 16.9. The number of carbonyl (C=O) groups is 1. The summed E-state index contributed by atoms with van der Waals surface area (Å²) in [7, 11) is 0. The van der Waals surface area contributed by atoms with Crippen molar-refractivity contribution in [2.75, 3.05) is 5.43 Å². The number of tetrazole rings is 1. The first-order chi connectivity index (χ1) is 13.6. The Morgan fingerprint density at radius 1 is 1.14 bits per heavy atom. The van der Waals surface area contributed by atoms with Crippen LogP contribution in [0.5, 0.6) is 0 Å². The minimum absolute atomic E-state index is 0.0831. The van der Waals surface area contributed by atoms with E-state index in [0.717, 1.165) is 22.0 Å². The minimum Gasteiger partial charge on any atom is -0.282 e. The van der Waals surface area contributed by atoms with Gasteiger partial charge in [-0.15, -0.1) is 10.2 Å².